The SMILES string of the molecule is CN1CCC(Oc2ccc3c(c2)CCNCC3)CC1. The van der Waals surface area contributed by atoms with Gasteiger partial charge in [0.15, 0.2) is 0 Å². The summed E-state index contributed by atoms with van der Waals surface area (Å²) in [6, 6.07) is 6.68. The smallest absolute Gasteiger partial charge is 0.120 e. The molecule has 3 rings (SSSR count). The highest BCUT2D eigenvalue weighted by molar-refractivity contribution is 5.37. The largest absolute Gasteiger partial charge is 0.490 e. The fraction of sp³-hybridized carbons (Fsp3) is 0.625. The van der Waals surface area contributed by atoms with Gasteiger partial charge in [0, 0.05) is 13.1 Å². The van der Waals surface area contributed by atoms with Crippen LogP contribution in [0.2, 0.25) is 0 Å². The number of piperidine rings is 1. The maximum atomic E-state index is 6.16. The number of ether oxygens (including phenoxy) is 1. The summed E-state index contributed by atoms with van der Waals surface area (Å²) in [6.07, 6.45) is 4.96. The molecule has 1 fully saturated rings. The van der Waals surface area contributed by atoms with E-state index in [0.29, 0.717) is 6.10 Å². The van der Waals surface area contributed by atoms with Crippen molar-refractivity contribution in [2.24, 2.45) is 0 Å². The summed E-state index contributed by atoms with van der Waals surface area (Å²) in [7, 11) is 2.19. The van der Waals surface area contributed by atoms with Crippen LogP contribution in [0.1, 0.15) is 24.0 Å². The van der Waals surface area contributed by atoms with Crippen molar-refractivity contribution in [1.82, 2.24) is 10.2 Å². The van der Waals surface area contributed by atoms with E-state index in [1.807, 2.05) is 0 Å². The standard InChI is InChI=1S/C16H24N2O/c1-18-10-6-15(7-11-18)19-16-3-2-13-4-8-17-9-5-14(13)12-16/h2-3,12,15,17H,4-11H2,1H3. The number of nitrogens with one attached hydrogen (secondary N) is 1. The second-order valence-electron chi connectivity index (χ2n) is 5.80. The number of fused-ring (bicyclic) bond motifs is 1. The Labute approximate surface area is 115 Å². The molecule has 2 heterocycles. The Bertz CT molecular complexity index is 425. The van der Waals surface area contributed by atoms with E-state index in [1.165, 1.54) is 11.1 Å². The van der Waals surface area contributed by atoms with Crippen LogP contribution in [0.15, 0.2) is 18.2 Å². The lowest BCUT2D eigenvalue weighted by molar-refractivity contribution is 0.114. The molecule has 104 valence electrons. The van der Waals surface area contributed by atoms with Gasteiger partial charge in [0.25, 0.3) is 0 Å². The van der Waals surface area contributed by atoms with Crippen LogP contribution in [0.4, 0.5) is 0 Å². The average molecular weight is 260 g/mol. The van der Waals surface area contributed by atoms with E-state index in [4.69, 9.17) is 4.74 Å². The van der Waals surface area contributed by atoms with Gasteiger partial charge in [-0.1, -0.05) is 6.07 Å². The van der Waals surface area contributed by atoms with E-state index in [2.05, 4.69) is 35.5 Å². The molecule has 19 heavy (non-hydrogen) atoms. The molecule has 0 unspecified atom stereocenters. The minimum Gasteiger partial charge on any atom is -0.490 e. The number of benzene rings is 1. The van der Waals surface area contributed by atoms with Crippen molar-refractivity contribution in [2.45, 2.75) is 31.8 Å². The fourth-order valence-electron chi connectivity index (χ4n) is 3.02. The van der Waals surface area contributed by atoms with Crippen molar-refractivity contribution in [2.75, 3.05) is 33.2 Å². The zero-order valence-corrected chi connectivity index (χ0v) is 11.8. The van der Waals surface area contributed by atoms with Crippen LogP contribution in [-0.2, 0) is 12.8 Å². The van der Waals surface area contributed by atoms with E-state index < -0.39 is 0 Å². The summed E-state index contributed by atoms with van der Waals surface area (Å²) in [4.78, 5) is 2.38. The number of likely N-dealkylation sites (tertiary alicyclic amines) is 1. The Hall–Kier alpha value is -1.06. The van der Waals surface area contributed by atoms with E-state index in [0.717, 1.165) is 57.6 Å². The third kappa shape index (κ3) is 3.28. The average Bonchev–Trinajstić information content (AvgIpc) is 2.66. The number of hydrogen-bond acceptors (Lipinski definition) is 3. The monoisotopic (exact) mass is 260 g/mol. The predicted molar refractivity (Wildman–Crippen MR) is 77.9 cm³/mol. The molecule has 1 aromatic carbocycles. The summed E-state index contributed by atoms with van der Waals surface area (Å²) >= 11 is 0. The Morgan fingerprint density at radius 2 is 1.84 bits per heavy atom. The molecule has 0 atom stereocenters. The lowest BCUT2D eigenvalue weighted by atomic mass is 10.0. The van der Waals surface area contributed by atoms with Crippen molar-refractivity contribution in [3.05, 3.63) is 29.3 Å². The molecule has 0 aromatic heterocycles. The van der Waals surface area contributed by atoms with Crippen molar-refractivity contribution in [3.8, 4) is 5.75 Å². The van der Waals surface area contributed by atoms with Crippen LogP contribution >= 0.6 is 0 Å². The molecule has 2 aliphatic heterocycles. The number of rotatable bonds is 2. The minimum atomic E-state index is 0.401. The molecule has 1 N–H and O–H groups in total. The highest BCUT2D eigenvalue weighted by Crippen LogP contribution is 2.23. The molecule has 0 saturated carbocycles. The predicted octanol–water partition coefficient (Wildman–Crippen LogP) is 1.85. The maximum Gasteiger partial charge on any atom is 0.120 e. The van der Waals surface area contributed by atoms with Gasteiger partial charge in [0.1, 0.15) is 11.9 Å². The van der Waals surface area contributed by atoms with Gasteiger partial charge in [-0.2, -0.15) is 0 Å². The topological polar surface area (TPSA) is 24.5 Å². The molecule has 3 nitrogen and oxygen atoms in total. The summed E-state index contributed by atoms with van der Waals surface area (Å²) in [5.74, 6) is 1.07. The van der Waals surface area contributed by atoms with Crippen molar-refractivity contribution in [3.63, 3.8) is 0 Å². The van der Waals surface area contributed by atoms with E-state index in [9.17, 15) is 0 Å². The Balaban J connectivity index is 1.66. The van der Waals surface area contributed by atoms with Gasteiger partial charge in [-0.3, -0.25) is 0 Å². The minimum absolute atomic E-state index is 0.401. The number of nitrogens with zero attached hydrogens (tertiary/aromatic N) is 1. The Kier molecular flexibility index (Phi) is 4.04. The zero-order valence-electron chi connectivity index (χ0n) is 11.8. The second kappa shape index (κ2) is 5.93. The van der Waals surface area contributed by atoms with Crippen LogP contribution < -0.4 is 10.1 Å². The molecule has 0 amide bonds. The van der Waals surface area contributed by atoms with Gasteiger partial charge in [-0.05, 0) is 69.1 Å². The van der Waals surface area contributed by atoms with Gasteiger partial charge in [-0.15, -0.1) is 0 Å². The van der Waals surface area contributed by atoms with E-state index >= 15 is 0 Å². The van der Waals surface area contributed by atoms with Crippen LogP contribution in [0.3, 0.4) is 0 Å². The van der Waals surface area contributed by atoms with Gasteiger partial charge in [0.05, 0.1) is 0 Å². The second-order valence-corrected chi connectivity index (χ2v) is 5.80. The highest BCUT2D eigenvalue weighted by Gasteiger charge is 2.18. The molecule has 0 bridgehead atoms. The maximum absolute atomic E-state index is 6.16. The van der Waals surface area contributed by atoms with Crippen LogP contribution in [0.5, 0.6) is 5.75 Å². The van der Waals surface area contributed by atoms with Gasteiger partial charge >= 0.3 is 0 Å². The van der Waals surface area contributed by atoms with Crippen molar-refractivity contribution in [1.29, 1.82) is 0 Å². The third-order valence-corrected chi connectivity index (χ3v) is 4.29. The van der Waals surface area contributed by atoms with Crippen LogP contribution in [-0.4, -0.2) is 44.2 Å². The van der Waals surface area contributed by atoms with Crippen molar-refractivity contribution < 1.29 is 4.74 Å². The lowest BCUT2D eigenvalue weighted by Gasteiger charge is -2.29. The molecule has 3 heteroatoms. The van der Waals surface area contributed by atoms with E-state index in [-0.39, 0.29) is 0 Å². The molecular weight excluding hydrogens is 236 g/mol. The first-order valence-corrected chi connectivity index (χ1v) is 7.49. The molecule has 1 aromatic rings. The third-order valence-electron chi connectivity index (χ3n) is 4.29. The summed E-state index contributed by atoms with van der Waals surface area (Å²) in [5.41, 5.74) is 2.95. The molecule has 0 radical (unpaired) electrons. The Morgan fingerprint density at radius 1 is 1.11 bits per heavy atom. The lowest BCUT2D eigenvalue weighted by Crippen LogP contribution is -2.35. The molecular formula is C16H24N2O. The van der Waals surface area contributed by atoms with Gasteiger partial charge in [0.2, 0.25) is 0 Å². The van der Waals surface area contributed by atoms with Crippen LogP contribution in [0, 0.1) is 0 Å². The first-order valence-electron chi connectivity index (χ1n) is 7.49. The quantitative estimate of drug-likeness (QED) is 0.878. The zero-order chi connectivity index (χ0) is 13.1. The Morgan fingerprint density at radius 3 is 2.63 bits per heavy atom. The summed E-state index contributed by atoms with van der Waals surface area (Å²) in [5, 5.41) is 3.45. The fourth-order valence-corrected chi connectivity index (χ4v) is 3.02. The first kappa shape index (κ1) is 12.9. The van der Waals surface area contributed by atoms with E-state index in [1.54, 1.807) is 0 Å². The van der Waals surface area contributed by atoms with Gasteiger partial charge < -0.3 is 15.0 Å². The normalized spacial score (nSPS) is 21.7. The summed E-state index contributed by atoms with van der Waals surface area (Å²) < 4.78 is 6.16. The van der Waals surface area contributed by atoms with Crippen LogP contribution in [0.25, 0.3) is 0 Å². The molecule has 0 aliphatic carbocycles. The summed E-state index contributed by atoms with van der Waals surface area (Å²) in [6.45, 7) is 4.49. The molecule has 0 spiro atoms. The van der Waals surface area contributed by atoms with Crippen molar-refractivity contribution >= 4 is 0 Å². The number of hydrogen-bond donors (Lipinski definition) is 1. The molecule has 1 saturated heterocycles. The highest BCUT2D eigenvalue weighted by atomic mass is 16.5. The van der Waals surface area contributed by atoms with Gasteiger partial charge in [-0.25, -0.2) is 0 Å². The molecule has 2 aliphatic rings. The first-order chi connectivity index (χ1) is 9.31.